The number of aryl methyl sites for hydroxylation is 1. The number of aliphatic hydroxyl groups is 1. The Morgan fingerprint density at radius 2 is 2.12 bits per heavy atom. The first-order valence-corrected chi connectivity index (χ1v) is 9.34. The fourth-order valence-electron chi connectivity index (χ4n) is 3.90. The minimum Gasteiger partial charge on any atom is -0.390 e. The van der Waals surface area contributed by atoms with Gasteiger partial charge < -0.3 is 15.3 Å². The molecule has 1 saturated heterocycles. The summed E-state index contributed by atoms with van der Waals surface area (Å²) in [7, 11) is 0. The predicted octanol–water partition coefficient (Wildman–Crippen LogP) is 3.04. The molecule has 0 bridgehead atoms. The van der Waals surface area contributed by atoms with E-state index in [1.54, 1.807) is 13.8 Å². The highest BCUT2D eigenvalue weighted by molar-refractivity contribution is 5.93. The van der Waals surface area contributed by atoms with E-state index in [1.165, 1.54) is 11.3 Å². The van der Waals surface area contributed by atoms with E-state index in [0.29, 0.717) is 5.92 Å². The van der Waals surface area contributed by atoms with Gasteiger partial charge >= 0.3 is 0 Å². The molecule has 5 heteroatoms. The van der Waals surface area contributed by atoms with Crippen molar-refractivity contribution in [3.05, 3.63) is 36.0 Å². The van der Waals surface area contributed by atoms with Gasteiger partial charge in [-0.05, 0) is 56.9 Å². The van der Waals surface area contributed by atoms with Gasteiger partial charge in [0.25, 0.3) is 0 Å². The van der Waals surface area contributed by atoms with Crippen LogP contribution in [-0.2, 0) is 4.79 Å². The Hall–Kier alpha value is -2.14. The zero-order chi connectivity index (χ0) is 18.9. The molecule has 3 rings (SSSR count). The van der Waals surface area contributed by atoms with Crippen molar-refractivity contribution in [2.24, 2.45) is 5.92 Å². The third kappa shape index (κ3) is 4.33. The van der Waals surface area contributed by atoms with Crippen LogP contribution in [-0.4, -0.2) is 40.7 Å². The average molecular weight is 355 g/mol. The van der Waals surface area contributed by atoms with E-state index in [0.717, 1.165) is 30.4 Å². The van der Waals surface area contributed by atoms with Gasteiger partial charge in [0, 0.05) is 36.4 Å². The number of anilines is 1. The van der Waals surface area contributed by atoms with Gasteiger partial charge in [-0.3, -0.25) is 9.78 Å². The minimum atomic E-state index is -0.983. The Bertz CT molecular complexity index is 797. The summed E-state index contributed by atoms with van der Waals surface area (Å²) in [6.07, 6.45) is 2.91. The van der Waals surface area contributed by atoms with Gasteiger partial charge in [0.2, 0.25) is 5.91 Å². The van der Waals surface area contributed by atoms with E-state index in [4.69, 9.17) is 0 Å². The molecule has 2 unspecified atom stereocenters. The zero-order valence-corrected chi connectivity index (χ0v) is 16.1. The monoisotopic (exact) mass is 355 g/mol. The first-order chi connectivity index (χ1) is 12.2. The van der Waals surface area contributed by atoms with Crippen LogP contribution in [0.4, 0.5) is 5.69 Å². The number of carbonyl (C=O) groups is 1. The van der Waals surface area contributed by atoms with Gasteiger partial charge in [0.1, 0.15) is 0 Å². The lowest BCUT2D eigenvalue weighted by atomic mass is 9.94. The van der Waals surface area contributed by atoms with E-state index in [2.05, 4.69) is 47.2 Å². The summed E-state index contributed by atoms with van der Waals surface area (Å²) in [5, 5.41) is 14.1. The van der Waals surface area contributed by atoms with E-state index in [9.17, 15) is 9.90 Å². The summed E-state index contributed by atoms with van der Waals surface area (Å²) in [4.78, 5) is 19.1. The van der Waals surface area contributed by atoms with Crippen LogP contribution >= 0.6 is 0 Å². The lowest BCUT2D eigenvalue weighted by Gasteiger charge is -2.39. The summed E-state index contributed by atoms with van der Waals surface area (Å²) >= 11 is 0. The molecule has 2 N–H and O–H groups in total. The SMILES string of the molecule is Cc1ccc(N2CC(C)CC(NC(=O)CC(C)(C)O)C2)c2cccnc12. The van der Waals surface area contributed by atoms with Crippen LogP contribution in [0.15, 0.2) is 30.5 Å². The molecule has 0 aliphatic carbocycles. The van der Waals surface area contributed by atoms with Crippen molar-refractivity contribution in [1.29, 1.82) is 0 Å². The standard InChI is InChI=1S/C21H29N3O2/c1-14-10-16(23-19(25)11-21(3,4)26)13-24(12-14)18-8-7-15(2)20-17(18)6-5-9-22-20/h5-9,14,16,26H,10-13H2,1-4H3,(H,23,25). The molecular formula is C21H29N3O2. The van der Waals surface area contributed by atoms with Crippen molar-refractivity contribution in [2.75, 3.05) is 18.0 Å². The quantitative estimate of drug-likeness (QED) is 0.885. The van der Waals surface area contributed by atoms with Gasteiger partial charge in [-0.2, -0.15) is 0 Å². The summed E-state index contributed by atoms with van der Waals surface area (Å²) < 4.78 is 0. The number of nitrogens with zero attached hydrogens (tertiary/aromatic N) is 2. The second-order valence-electron chi connectivity index (χ2n) is 8.30. The van der Waals surface area contributed by atoms with Gasteiger partial charge in [-0.25, -0.2) is 0 Å². The van der Waals surface area contributed by atoms with Gasteiger partial charge in [0.05, 0.1) is 17.5 Å². The van der Waals surface area contributed by atoms with Gasteiger partial charge in [0.15, 0.2) is 0 Å². The lowest BCUT2D eigenvalue weighted by molar-refractivity contribution is -0.125. The van der Waals surface area contributed by atoms with Crippen LogP contribution in [0.3, 0.4) is 0 Å². The van der Waals surface area contributed by atoms with Crippen LogP contribution in [0.1, 0.15) is 39.2 Å². The molecule has 2 heterocycles. The number of aromatic nitrogens is 1. The normalized spacial score (nSPS) is 21.0. The molecule has 2 atom stereocenters. The first kappa shape index (κ1) is 18.6. The Morgan fingerprint density at radius 1 is 1.35 bits per heavy atom. The first-order valence-electron chi connectivity index (χ1n) is 9.34. The molecule has 1 fully saturated rings. The van der Waals surface area contributed by atoms with Gasteiger partial charge in [-0.1, -0.05) is 13.0 Å². The Morgan fingerprint density at radius 3 is 2.85 bits per heavy atom. The maximum atomic E-state index is 12.2. The predicted molar refractivity (Wildman–Crippen MR) is 105 cm³/mol. The molecular weight excluding hydrogens is 326 g/mol. The van der Waals surface area contributed by atoms with Crippen molar-refractivity contribution in [1.82, 2.24) is 10.3 Å². The van der Waals surface area contributed by atoms with E-state index in [-0.39, 0.29) is 18.4 Å². The van der Waals surface area contributed by atoms with Crippen molar-refractivity contribution in [3.8, 4) is 0 Å². The zero-order valence-electron chi connectivity index (χ0n) is 16.1. The number of piperidine rings is 1. The number of hydrogen-bond donors (Lipinski definition) is 2. The van der Waals surface area contributed by atoms with Crippen molar-refractivity contribution in [3.63, 3.8) is 0 Å². The number of carbonyl (C=O) groups excluding carboxylic acids is 1. The maximum Gasteiger partial charge on any atom is 0.223 e. The van der Waals surface area contributed by atoms with E-state index < -0.39 is 5.60 Å². The molecule has 1 aromatic carbocycles. The highest BCUT2D eigenvalue weighted by Crippen LogP contribution is 2.31. The molecule has 1 amide bonds. The fourth-order valence-corrected chi connectivity index (χ4v) is 3.90. The lowest BCUT2D eigenvalue weighted by Crippen LogP contribution is -2.51. The van der Waals surface area contributed by atoms with Crippen molar-refractivity contribution in [2.45, 2.75) is 52.2 Å². The van der Waals surface area contributed by atoms with Crippen LogP contribution in [0.2, 0.25) is 0 Å². The Kier molecular flexibility index (Phi) is 5.19. The highest BCUT2D eigenvalue weighted by atomic mass is 16.3. The molecule has 0 radical (unpaired) electrons. The number of amides is 1. The molecule has 140 valence electrons. The molecule has 0 saturated carbocycles. The fraction of sp³-hybridized carbons (Fsp3) is 0.524. The second-order valence-corrected chi connectivity index (χ2v) is 8.30. The number of rotatable bonds is 4. The summed E-state index contributed by atoms with van der Waals surface area (Å²) in [6.45, 7) is 9.36. The maximum absolute atomic E-state index is 12.2. The molecule has 2 aromatic rings. The Balaban J connectivity index is 1.81. The number of pyridine rings is 1. The van der Waals surface area contributed by atoms with Crippen molar-refractivity contribution < 1.29 is 9.90 Å². The van der Waals surface area contributed by atoms with Crippen LogP contribution < -0.4 is 10.2 Å². The Labute approximate surface area is 155 Å². The smallest absolute Gasteiger partial charge is 0.223 e. The summed E-state index contributed by atoms with van der Waals surface area (Å²) in [6, 6.07) is 8.45. The molecule has 1 aliphatic heterocycles. The molecule has 0 spiro atoms. The third-order valence-electron chi connectivity index (χ3n) is 4.91. The third-order valence-corrected chi connectivity index (χ3v) is 4.91. The van der Waals surface area contributed by atoms with Crippen LogP contribution in [0.25, 0.3) is 10.9 Å². The highest BCUT2D eigenvalue weighted by Gasteiger charge is 2.28. The number of nitrogens with one attached hydrogen (secondary N) is 1. The average Bonchev–Trinajstić information content (AvgIpc) is 2.53. The number of benzene rings is 1. The van der Waals surface area contributed by atoms with Crippen LogP contribution in [0, 0.1) is 12.8 Å². The van der Waals surface area contributed by atoms with E-state index >= 15 is 0 Å². The number of fused-ring (bicyclic) bond motifs is 1. The largest absolute Gasteiger partial charge is 0.390 e. The topological polar surface area (TPSA) is 65.5 Å². The second kappa shape index (κ2) is 7.23. The molecule has 5 nitrogen and oxygen atoms in total. The molecule has 1 aromatic heterocycles. The summed E-state index contributed by atoms with van der Waals surface area (Å²) in [5.74, 6) is 0.385. The van der Waals surface area contributed by atoms with Gasteiger partial charge in [-0.15, -0.1) is 0 Å². The van der Waals surface area contributed by atoms with Crippen molar-refractivity contribution >= 4 is 22.5 Å². The van der Waals surface area contributed by atoms with E-state index in [1.807, 2.05) is 12.3 Å². The molecule has 1 aliphatic rings. The summed E-state index contributed by atoms with van der Waals surface area (Å²) in [5.41, 5.74) is 2.39. The van der Waals surface area contributed by atoms with Crippen LogP contribution in [0.5, 0.6) is 0 Å². The molecule has 26 heavy (non-hydrogen) atoms. The minimum absolute atomic E-state index is 0.0848. The number of hydrogen-bond acceptors (Lipinski definition) is 4.